The maximum atomic E-state index is 10.9. The fourth-order valence-corrected chi connectivity index (χ4v) is 5.00. The highest BCUT2D eigenvalue weighted by molar-refractivity contribution is 9.10. The molecule has 1 heterocycles. The summed E-state index contributed by atoms with van der Waals surface area (Å²) in [6, 6.07) is 27.0. The molecule has 1 atom stereocenters. The maximum absolute atomic E-state index is 10.9. The van der Waals surface area contributed by atoms with Crippen LogP contribution in [0.3, 0.4) is 0 Å². The van der Waals surface area contributed by atoms with Gasteiger partial charge in [0.1, 0.15) is 12.4 Å². The zero-order valence-electron chi connectivity index (χ0n) is 20.3. The van der Waals surface area contributed by atoms with Gasteiger partial charge in [0.05, 0.1) is 11.3 Å². The number of nitrogens with zero attached hydrogens (tertiary/aromatic N) is 1. The van der Waals surface area contributed by atoms with Crippen LogP contribution in [0.25, 0.3) is 11.1 Å². The van der Waals surface area contributed by atoms with E-state index in [-0.39, 0.29) is 18.9 Å². The molecule has 0 amide bonds. The molecule has 10 heteroatoms. The standard InChI is InChI=1S/C28H26BrClN2O5S/c29-26-22(10-5-12-24(26)21-8-2-1-3-9-21)19-36-28-25(13-6-14-32-28)27(30)37-23-11-4-7-20(17-23)18-31-15-16-38(33,34)35/h1-14,17,27,31H,15-16,18-19H2,(H,33,34,35). The van der Waals surface area contributed by atoms with Crippen molar-refractivity contribution >= 4 is 37.6 Å². The molecule has 7 nitrogen and oxygen atoms in total. The molecule has 0 radical (unpaired) electrons. The Morgan fingerprint density at radius 1 is 1.00 bits per heavy atom. The van der Waals surface area contributed by atoms with E-state index in [9.17, 15) is 8.42 Å². The normalized spacial score (nSPS) is 12.2. The zero-order chi connectivity index (χ0) is 27.0. The van der Waals surface area contributed by atoms with E-state index in [0.717, 1.165) is 26.7 Å². The summed E-state index contributed by atoms with van der Waals surface area (Å²) < 4.78 is 43.6. The lowest BCUT2D eigenvalue weighted by atomic mass is 10.0. The van der Waals surface area contributed by atoms with Crippen LogP contribution in [-0.2, 0) is 23.3 Å². The third-order valence-corrected chi connectivity index (χ3v) is 7.56. The van der Waals surface area contributed by atoms with Crippen molar-refractivity contribution in [2.24, 2.45) is 0 Å². The van der Waals surface area contributed by atoms with Gasteiger partial charge in [0, 0.05) is 29.3 Å². The molecule has 0 fully saturated rings. The second-order valence-corrected chi connectivity index (χ2v) is 11.1. The molecule has 1 unspecified atom stereocenters. The highest BCUT2D eigenvalue weighted by Gasteiger charge is 2.18. The third kappa shape index (κ3) is 8.02. The second-order valence-electron chi connectivity index (χ2n) is 8.38. The Hall–Kier alpha value is -2.95. The molecule has 38 heavy (non-hydrogen) atoms. The number of ether oxygens (including phenoxy) is 2. The Balaban J connectivity index is 1.41. The summed E-state index contributed by atoms with van der Waals surface area (Å²) in [7, 11) is -4.00. The SMILES string of the molecule is O=S(=O)(O)CCNCc1cccc(OC(Cl)c2cccnc2OCc2cccc(-c3ccccc3)c2Br)c1. The lowest BCUT2D eigenvalue weighted by molar-refractivity contribution is 0.256. The first-order valence-electron chi connectivity index (χ1n) is 11.8. The number of benzene rings is 3. The lowest BCUT2D eigenvalue weighted by Crippen LogP contribution is -2.22. The van der Waals surface area contributed by atoms with Crippen LogP contribution >= 0.6 is 27.5 Å². The molecule has 4 aromatic rings. The van der Waals surface area contributed by atoms with Crippen LogP contribution < -0.4 is 14.8 Å². The molecule has 0 bridgehead atoms. The second kappa shape index (κ2) is 13.2. The number of rotatable bonds is 12. The van der Waals surface area contributed by atoms with Crippen molar-refractivity contribution in [2.45, 2.75) is 18.7 Å². The molecule has 0 saturated heterocycles. The lowest BCUT2D eigenvalue weighted by Gasteiger charge is -2.17. The van der Waals surface area contributed by atoms with Crippen LogP contribution in [0.1, 0.15) is 22.3 Å². The number of aromatic nitrogens is 1. The van der Waals surface area contributed by atoms with Gasteiger partial charge < -0.3 is 14.8 Å². The molecule has 0 aliphatic heterocycles. The van der Waals surface area contributed by atoms with Gasteiger partial charge >= 0.3 is 0 Å². The van der Waals surface area contributed by atoms with Crippen LogP contribution in [0.4, 0.5) is 0 Å². The zero-order valence-corrected chi connectivity index (χ0v) is 23.4. The van der Waals surface area contributed by atoms with Crippen molar-refractivity contribution < 1.29 is 22.4 Å². The van der Waals surface area contributed by atoms with Crippen LogP contribution in [0.15, 0.2) is 95.6 Å². The van der Waals surface area contributed by atoms with Gasteiger partial charge in [0.15, 0.2) is 0 Å². The van der Waals surface area contributed by atoms with Gasteiger partial charge in [0.25, 0.3) is 10.1 Å². The summed E-state index contributed by atoms with van der Waals surface area (Å²) in [5, 5.41) is 2.97. The average molecular weight is 618 g/mol. The molecule has 0 saturated carbocycles. The number of alkyl halides is 1. The minimum atomic E-state index is -4.00. The fourth-order valence-electron chi connectivity index (χ4n) is 3.72. The number of nitrogens with one attached hydrogen (secondary N) is 1. The van der Waals surface area contributed by atoms with E-state index < -0.39 is 15.7 Å². The highest BCUT2D eigenvalue weighted by Crippen LogP contribution is 2.34. The van der Waals surface area contributed by atoms with Gasteiger partial charge in [0.2, 0.25) is 11.4 Å². The molecular weight excluding hydrogens is 592 g/mol. The minimum Gasteiger partial charge on any atom is -0.472 e. The number of pyridine rings is 1. The molecule has 1 aromatic heterocycles. The van der Waals surface area contributed by atoms with E-state index in [1.165, 1.54) is 0 Å². The van der Waals surface area contributed by atoms with Crippen molar-refractivity contribution in [1.82, 2.24) is 10.3 Å². The van der Waals surface area contributed by atoms with Crippen LogP contribution in [0.5, 0.6) is 11.6 Å². The van der Waals surface area contributed by atoms with Crippen molar-refractivity contribution in [3.63, 3.8) is 0 Å². The summed E-state index contributed by atoms with van der Waals surface area (Å²) >= 11 is 10.4. The first kappa shape index (κ1) is 28.1. The maximum Gasteiger partial charge on any atom is 0.266 e. The van der Waals surface area contributed by atoms with Gasteiger partial charge in [-0.1, -0.05) is 72.3 Å². The number of hydrogen-bond donors (Lipinski definition) is 2. The molecule has 0 aliphatic rings. The van der Waals surface area contributed by atoms with Crippen molar-refractivity contribution in [3.05, 3.63) is 112 Å². The Morgan fingerprint density at radius 2 is 1.79 bits per heavy atom. The summed E-state index contributed by atoms with van der Waals surface area (Å²) in [4.78, 5) is 4.37. The summed E-state index contributed by atoms with van der Waals surface area (Å²) in [5.74, 6) is 0.545. The van der Waals surface area contributed by atoms with E-state index in [4.69, 9.17) is 25.6 Å². The van der Waals surface area contributed by atoms with Crippen molar-refractivity contribution in [2.75, 3.05) is 12.3 Å². The van der Waals surface area contributed by atoms with Crippen molar-refractivity contribution in [1.29, 1.82) is 0 Å². The van der Waals surface area contributed by atoms with Crippen LogP contribution in [-0.4, -0.2) is 30.3 Å². The van der Waals surface area contributed by atoms with Crippen LogP contribution in [0.2, 0.25) is 0 Å². The molecule has 3 aromatic carbocycles. The first-order valence-corrected chi connectivity index (χ1v) is 14.6. The van der Waals surface area contributed by atoms with Crippen molar-refractivity contribution in [3.8, 4) is 22.8 Å². The van der Waals surface area contributed by atoms with Crippen LogP contribution in [0, 0.1) is 0 Å². The Bertz CT molecular complexity index is 1470. The summed E-state index contributed by atoms with van der Waals surface area (Å²) in [6.07, 6.45) is 1.64. The Labute approximate surface area is 235 Å². The van der Waals surface area contributed by atoms with Gasteiger partial charge in [-0.05, 0) is 56.9 Å². The monoisotopic (exact) mass is 616 g/mol. The summed E-state index contributed by atoms with van der Waals surface area (Å²) in [6.45, 7) is 0.806. The molecule has 198 valence electrons. The largest absolute Gasteiger partial charge is 0.472 e. The number of hydrogen-bond acceptors (Lipinski definition) is 6. The van der Waals surface area contributed by atoms with Gasteiger partial charge in [-0.2, -0.15) is 8.42 Å². The quantitative estimate of drug-likeness (QED) is 0.108. The van der Waals surface area contributed by atoms with E-state index >= 15 is 0 Å². The predicted molar refractivity (Wildman–Crippen MR) is 152 cm³/mol. The molecule has 0 aliphatic carbocycles. The van der Waals surface area contributed by atoms with Gasteiger partial charge in [-0.3, -0.25) is 4.55 Å². The average Bonchev–Trinajstić information content (AvgIpc) is 2.91. The number of halogens is 2. The Kier molecular flexibility index (Phi) is 9.76. The van der Waals surface area contributed by atoms with E-state index in [2.05, 4.69) is 44.4 Å². The smallest absolute Gasteiger partial charge is 0.266 e. The van der Waals surface area contributed by atoms with Gasteiger partial charge in [-0.15, -0.1) is 0 Å². The third-order valence-electron chi connectivity index (χ3n) is 5.58. The molecule has 2 N–H and O–H groups in total. The molecule has 4 rings (SSSR count). The topological polar surface area (TPSA) is 97.8 Å². The van der Waals surface area contributed by atoms with Gasteiger partial charge in [-0.25, -0.2) is 4.98 Å². The summed E-state index contributed by atoms with van der Waals surface area (Å²) in [5.41, 5.74) is 3.72. The predicted octanol–water partition coefficient (Wildman–Crippen LogP) is 6.38. The fraction of sp³-hybridized carbons (Fsp3) is 0.179. The minimum absolute atomic E-state index is 0.128. The van der Waals surface area contributed by atoms with E-state index in [1.54, 1.807) is 30.5 Å². The van der Waals surface area contributed by atoms with E-state index in [1.807, 2.05) is 42.5 Å². The first-order chi connectivity index (χ1) is 18.3. The van der Waals surface area contributed by atoms with E-state index in [0.29, 0.717) is 23.7 Å². The molecule has 0 spiro atoms. The Morgan fingerprint density at radius 3 is 2.58 bits per heavy atom. The highest BCUT2D eigenvalue weighted by atomic mass is 79.9. The molecular formula is C28H26BrClN2O5S.